The van der Waals surface area contributed by atoms with E-state index >= 15 is 0 Å². The zero-order valence-electron chi connectivity index (χ0n) is 16.0. The number of phenolic OH excluding ortho intramolecular Hbond substituents is 2. The van der Waals surface area contributed by atoms with E-state index in [1.165, 1.54) is 6.08 Å². The molecule has 10 heteroatoms. The van der Waals surface area contributed by atoms with E-state index in [1.54, 1.807) is 24.3 Å². The highest BCUT2D eigenvalue weighted by Gasteiger charge is 2.45. The number of aromatic hydroxyl groups is 2. The summed E-state index contributed by atoms with van der Waals surface area (Å²) in [6.07, 6.45) is -5.25. The molecule has 1 saturated heterocycles. The number of hydrogen-bond donors (Lipinski definition) is 6. The number of allylic oxidation sites excluding steroid dienone is 1. The molecule has 166 valence electrons. The van der Waals surface area contributed by atoms with Crippen molar-refractivity contribution in [1.29, 1.82) is 0 Å². The molecule has 0 aromatic heterocycles. The summed E-state index contributed by atoms with van der Waals surface area (Å²) in [4.78, 5) is 12.7. The molecule has 0 aliphatic carbocycles. The van der Waals surface area contributed by atoms with Gasteiger partial charge in [-0.15, -0.1) is 0 Å². The van der Waals surface area contributed by atoms with Crippen LogP contribution >= 0.6 is 11.6 Å². The second kappa shape index (κ2) is 9.65. The first kappa shape index (κ1) is 23.0. The van der Waals surface area contributed by atoms with E-state index < -0.39 is 54.6 Å². The second-order valence-corrected chi connectivity index (χ2v) is 7.34. The summed E-state index contributed by atoms with van der Waals surface area (Å²) in [6.45, 7) is -0.675. The van der Waals surface area contributed by atoms with Gasteiger partial charge in [0.15, 0.2) is 5.78 Å². The van der Waals surface area contributed by atoms with Crippen molar-refractivity contribution in [3.05, 3.63) is 58.6 Å². The van der Waals surface area contributed by atoms with Crippen LogP contribution in [0.3, 0.4) is 0 Å². The summed E-state index contributed by atoms with van der Waals surface area (Å²) in [7, 11) is 0. The zero-order chi connectivity index (χ0) is 22.7. The van der Waals surface area contributed by atoms with Crippen LogP contribution in [-0.4, -0.2) is 73.7 Å². The van der Waals surface area contributed by atoms with E-state index in [2.05, 4.69) is 0 Å². The maximum absolute atomic E-state index is 12.7. The molecule has 1 fully saturated rings. The molecule has 3 rings (SSSR count). The van der Waals surface area contributed by atoms with Gasteiger partial charge in [-0.3, -0.25) is 4.79 Å². The molecule has 0 amide bonds. The van der Waals surface area contributed by atoms with Crippen molar-refractivity contribution in [1.82, 2.24) is 0 Å². The number of ketones is 1. The fourth-order valence-electron chi connectivity index (χ4n) is 3.05. The molecule has 9 nitrogen and oxygen atoms in total. The average Bonchev–Trinajstić information content (AvgIpc) is 2.73. The Labute approximate surface area is 182 Å². The minimum atomic E-state index is -1.74. The Morgan fingerprint density at radius 1 is 1.06 bits per heavy atom. The van der Waals surface area contributed by atoms with Crippen LogP contribution in [0.4, 0.5) is 0 Å². The van der Waals surface area contributed by atoms with Crippen molar-refractivity contribution in [2.24, 2.45) is 0 Å². The van der Waals surface area contributed by atoms with Gasteiger partial charge in [0.05, 0.1) is 6.61 Å². The third-order valence-electron chi connectivity index (χ3n) is 4.70. The third kappa shape index (κ3) is 5.16. The van der Waals surface area contributed by atoms with Crippen molar-refractivity contribution in [3.63, 3.8) is 0 Å². The monoisotopic (exact) mass is 452 g/mol. The van der Waals surface area contributed by atoms with Crippen molar-refractivity contribution in [3.8, 4) is 17.2 Å². The smallest absolute Gasteiger partial charge is 0.229 e. The minimum absolute atomic E-state index is 0.333. The number of rotatable bonds is 6. The molecule has 1 aliphatic heterocycles. The van der Waals surface area contributed by atoms with Crippen molar-refractivity contribution in [2.45, 2.75) is 30.7 Å². The number of aliphatic hydroxyl groups excluding tert-OH is 4. The van der Waals surface area contributed by atoms with Crippen LogP contribution in [0.2, 0.25) is 5.02 Å². The predicted octanol–water partition coefficient (Wildman–Crippen LogP) is 0.826. The first-order valence-corrected chi connectivity index (χ1v) is 9.60. The molecule has 0 saturated carbocycles. The largest absolute Gasteiger partial charge is 0.508 e. The number of benzene rings is 2. The molecule has 0 bridgehead atoms. The van der Waals surface area contributed by atoms with E-state index in [0.717, 1.165) is 18.2 Å². The number of hydrogen-bond acceptors (Lipinski definition) is 9. The van der Waals surface area contributed by atoms with Crippen LogP contribution in [0.1, 0.15) is 15.9 Å². The highest BCUT2D eigenvalue weighted by atomic mass is 35.5. The van der Waals surface area contributed by atoms with E-state index in [9.17, 15) is 35.4 Å². The maximum atomic E-state index is 12.7. The van der Waals surface area contributed by atoms with Gasteiger partial charge < -0.3 is 40.1 Å². The quantitative estimate of drug-likeness (QED) is 0.276. The summed E-state index contributed by atoms with van der Waals surface area (Å²) in [5.74, 6) is -2.06. The molecular weight excluding hydrogens is 432 g/mol. The topological polar surface area (TPSA) is 157 Å². The summed E-state index contributed by atoms with van der Waals surface area (Å²) in [6, 6.07) is 8.57. The van der Waals surface area contributed by atoms with Crippen LogP contribution in [0.5, 0.6) is 17.2 Å². The minimum Gasteiger partial charge on any atom is -0.508 e. The number of phenols is 2. The Morgan fingerprint density at radius 2 is 1.74 bits per heavy atom. The van der Waals surface area contributed by atoms with E-state index in [1.807, 2.05) is 0 Å². The lowest BCUT2D eigenvalue weighted by atomic mass is 9.99. The van der Waals surface area contributed by atoms with Crippen LogP contribution < -0.4 is 4.74 Å². The first-order valence-electron chi connectivity index (χ1n) is 9.22. The molecule has 0 radical (unpaired) electrons. The lowest BCUT2D eigenvalue weighted by Gasteiger charge is -2.39. The highest BCUT2D eigenvalue weighted by molar-refractivity contribution is 6.30. The molecule has 2 aromatic carbocycles. The Balaban J connectivity index is 1.89. The summed E-state index contributed by atoms with van der Waals surface area (Å²) >= 11 is 5.83. The van der Waals surface area contributed by atoms with E-state index in [0.29, 0.717) is 10.6 Å². The SMILES string of the molecule is O=C(/C=C\c1ccc(Cl)cc1)c1c(O)cc(O)cc1O[C@@H]1O[C@@H](CO)[C@@H](O)[C@@H](O)[C@H]1O. The number of ether oxygens (including phenoxy) is 2. The van der Waals surface area contributed by atoms with Crippen LogP contribution in [0.15, 0.2) is 42.5 Å². The fourth-order valence-corrected chi connectivity index (χ4v) is 3.17. The fraction of sp³-hybridized carbons (Fsp3) is 0.286. The van der Waals surface area contributed by atoms with Crippen LogP contribution in [-0.2, 0) is 4.74 Å². The van der Waals surface area contributed by atoms with Gasteiger partial charge in [-0.05, 0) is 23.8 Å². The normalized spacial score (nSPS) is 26.2. The number of carbonyl (C=O) groups excluding carboxylic acids is 1. The van der Waals surface area contributed by atoms with Gasteiger partial charge in [0.1, 0.15) is 47.2 Å². The molecule has 5 atom stereocenters. The molecule has 6 N–H and O–H groups in total. The molecule has 0 unspecified atom stereocenters. The Bertz CT molecular complexity index is 958. The van der Waals surface area contributed by atoms with Crippen molar-refractivity contribution < 1.29 is 44.9 Å². The Morgan fingerprint density at radius 3 is 2.39 bits per heavy atom. The lowest BCUT2D eigenvalue weighted by Crippen LogP contribution is -2.60. The standard InChI is InChI=1S/C21H21ClO9/c22-11-4-1-10(2-5-11)3-6-13(25)17-14(26)7-12(24)8-15(17)30-21-20(29)19(28)18(27)16(9-23)31-21/h1-8,16,18-21,23-24,26-29H,9H2/b6-3-/t16-,18+,19+,20+,21+/m0/s1. The molecule has 31 heavy (non-hydrogen) atoms. The Hall–Kier alpha value is -2.66. The Kier molecular flexibility index (Phi) is 7.16. The highest BCUT2D eigenvalue weighted by Crippen LogP contribution is 2.36. The maximum Gasteiger partial charge on any atom is 0.229 e. The van der Waals surface area contributed by atoms with Crippen LogP contribution in [0.25, 0.3) is 6.08 Å². The molecule has 2 aromatic rings. The number of carbonyl (C=O) groups is 1. The predicted molar refractivity (Wildman–Crippen MR) is 109 cm³/mol. The van der Waals surface area contributed by atoms with Crippen molar-refractivity contribution in [2.75, 3.05) is 6.61 Å². The molecule has 1 heterocycles. The number of aliphatic hydroxyl groups is 4. The van der Waals surface area contributed by atoms with E-state index in [4.69, 9.17) is 21.1 Å². The number of halogens is 1. The second-order valence-electron chi connectivity index (χ2n) is 6.90. The van der Waals surface area contributed by atoms with Crippen LogP contribution in [0, 0.1) is 0 Å². The van der Waals surface area contributed by atoms with Gasteiger partial charge in [-0.2, -0.15) is 0 Å². The molecular formula is C21H21ClO9. The third-order valence-corrected chi connectivity index (χ3v) is 4.95. The molecule has 1 aliphatic rings. The summed E-state index contributed by atoms with van der Waals surface area (Å²) in [5, 5.41) is 59.8. The van der Waals surface area contributed by atoms with Crippen molar-refractivity contribution >= 4 is 23.5 Å². The van der Waals surface area contributed by atoms with Gasteiger partial charge in [-0.1, -0.05) is 29.8 Å². The van der Waals surface area contributed by atoms with Gasteiger partial charge in [-0.25, -0.2) is 0 Å². The van der Waals surface area contributed by atoms with E-state index in [-0.39, 0.29) is 11.3 Å². The van der Waals surface area contributed by atoms with Gasteiger partial charge >= 0.3 is 0 Å². The summed E-state index contributed by atoms with van der Waals surface area (Å²) < 4.78 is 10.7. The lowest BCUT2D eigenvalue weighted by molar-refractivity contribution is -0.277. The van der Waals surface area contributed by atoms with Gasteiger partial charge in [0.25, 0.3) is 0 Å². The van der Waals surface area contributed by atoms with Gasteiger partial charge in [0, 0.05) is 17.2 Å². The summed E-state index contributed by atoms with van der Waals surface area (Å²) in [5.41, 5.74) is 0.326. The molecule has 0 spiro atoms. The first-order chi connectivity index (χ1) is 14.7. The zero-order valence-corrected chi connectivity index (χ0v) is 16.8. The van der Waals surface area contributed by atoms with Gasteiger partial charge in [0.2, 0.25) is 6.29 Å². The average molecular weight is 453 g/mol.